The van der Waals surface area contributed by atoms with E-state index in [1.807, 2.05) is 78.9 Å². The van der Waals surface area contributed by atoms with Crippen LogP contribution in [0.25, 0.3) is 21.6 Å². The fourth-order valence-electron chi connectivity index (χ4n) is 2.89. The first-order chi connectivity index (χ1) is 14.8. The minimum atomic E-state index is 0.433. The molecule has 30 heavy (non-hydrogen) atoms. The van der Waals surface area contributed by atoms with Crippen molar-refractivity contribution in [2.24, 2.45) is 0 Å². The van der Waals surface area contributed by atoms with Crippen molar-refractivity contribution < 1.29 is 9.47 Å². The van der Waals surface area contributed by atoms with Gasteiger partial charge in [-0.05, 0) is 41.6 Å². The van der Waals surface area contributed by atoms with Gasteiger partial charge in [0.1, 0.15) is 18.1 Å². The van der Waals surface area contributed by atoms with Crippen molar-refractivity contribution in [2.75, 3.05) is 6.61 Å². The highest BCUT2D eigenvalue weighted by Crippen LogP contribution is 2.31. The van der Waals surface area contributed by atoms with Gasteiger partial charge >= 0.3 is 0 Å². The molecule has 0 radical (unpaired) electrons. The van der Waals surface area contributed by atoms with E-state index >= 15 is 0 Å². The summed E-state index contributed by atoms with van der Waals surface area (Å²) in [5.74, 6) is 2.06. The zero-order valence-electron chi connectivity index (χ0n) is 15.9. The molecular formula is C22H17N5O2S. The maximum absolute atomic E-state index is 5.86. The first-order valence-electron chi connectivity index (χ1n) is 9.43. The molecule has 0 N–H and O–H groups in total. The van der Waals surface area contributed by atoms with Crippen molar-refractivity contribution in [3.8, 4) is 28.1 Å². The molecule has 0 aliphatic carbocycles. The normalized spacial score (nSPS) is 10.9. The van der Waals surface area contributed by atoms with Crippen LogP contribution in [0.5, 0.6) is 16.7 Å². The summed E-state index contributed by atoms with van der Waals surface area (Å²) >= 11 is 1.52. The van der Waals surface area contributed by atoms with Crippen LogP contribution >= 0.6 is 11.3 Å². The van der Waals surface area contributed by atoms with Gasteiger partial charge in [0.15, 0.2) is 0 Å². The topological polar surface area (TPSA) is 75.0 Å². The first kappa shape index (κ1) is 18.3. The van der Waals surface area contributed by atoms with E-state index in [1.165, 1.54) is 16.1 Å². The summed E-state index contributed by atoms with van der Waals surface area (Å²) in [5, 5.41) is 13.2. The van der Waals surface area contributed by atoms with Gasteiger partial charge in [-0.2, -0.15) is 4.80 Å². The molecule has 2 aromatic heterocycles. The van der Waals surface area contributed by atoms with E-state index < -0.39 is 0 Å². The molecular weight excluding hydrogens is 398 g/mol. The number of hydrogen-bond donors (Lipinski definition) is 0. The number of para-hydroxylation sites is 1. The Morgan fingerprint density at radius 1 is 0.833 bits per heavy atom. The van der Waals surface area contributed by atoms with E-state index in [4.69, 9.17) is 9.47 Å². The average Bonchev–Trinajstić information content (AvgIpc) is 3.42. The van der Waals surface area contributed by atoms with Crippen molar-refractivity contribution >= 4 is 21.6 Å². The Balaban J connectivity index is 1.15. The van der Waals surface area contributed by atoms with Crippen molar-refractivity contribution in [1.82, 2.24) is 25.2 Å². The van der Waals surface area contributed by atoms with Gasteiger partial charge in [-0.3, -0.25) is 0 Å². The zero-order valence-corrected chi connectivity index (χ0v) is 16.7. The van der Waals surface area contributed by atoms with Gasteiger partial charge < -0.3 is 9.47 Å². The number of thiazole rings is 1. The summed E-state index contributed by atoms with van der Waals surface area (Å²) in [7, 11) is 0. The summed E-state index contributed by atoms with van der Waals surface area (Å²) < 4.78 is 12.7. The van der Waals surface area contributed by atoms with Crippen LogP contribution in [-0.4, -0.2) is 31.8 Å². The molecule has 148 valence electrons. The third-order valence-electron chi connectivity index (χ3n) is 4.35. The van der Waals surface area contributed by atoms with Crippen LogP contribution < -0.4 is 9.47 Å². The molecule has 0 saturated carbocycles. The third-order valence-corrected chi connectivity index (χ3v) is 5.26. The minimum Gasteiger partial charge on any atom is -0.492 e. The predicted octanol–water partition coefficient (Wildman–Crippen LogP) is 4.82. The molecule has 7 nitrogen and oxygen atoms in total. The van der Waals surface area contributed by atoms with E-state index in [9.17, 15) is 0 Å². The summed E-state index contributed by atoms with van der Waals surface area (Å²) in [6, 6.07) is 25.2. The Hall–Kier alpha value is -3.78. The quantitative estimate of drug-likeness (QED) is 0.379. The van der Waals surface area contributed by atoms with Gasteiger partial charge in [0.2, 0.25) is 5.82 Å². The van der Waals surface area contributed by atoms with Crippen LogP contribution in [0.1, 0.15) is 0 Å². The summed E-state index contributed by atoms with van der Waals surface area (Å²) in [6.07, 6.45) is 0. The first-order valence-corrected chi connectivity index (χ1v) is 10.2. The molecule has 0 bridgehead atoms. The Labute approximate surface area is 176 Å². The fraction of sp³-hybridized carbons (Fsp3) is 0.0909. The van der Waals surface area contributed by atoms with Crippen molar-refractivity contribution in [2.45, 2.75) is 6.54 Å². The van der Waals surface area contributed by atoms with Gasteiger partial charge in [-0.1, -0.05) is 53.8 Å². The highest BCUT2D eigenvalue weighted by molar-refractivity contribution is 7.20. The van der Waals surface area contributed by atoms with Gasteiger partial charge in [0.05, 0.1) is 16.8 Å². The Bertz CT molecular complexity index is 1220. The summed E-state index contributed by atoms with van der Waals surface area (Å²) in [4.78, 5) is 6.01. The van der Waals surface area contributed by atoms with E-state index in [0.29, 0.717) is 29.9 Å². The summed E-state index contributed by atoms with van der Waals surface area (Å²) in [6.45, 7) is 0.937. The molecule has 0 atom stereocenters. The maximum Gasteiger partial charge on any atom is 0.279 e. The SMILES string of the molecule is c1ccc(-c2nnn(CCOc3ccc(Oc4nc5ccccc5s4)cc3)n2)cc1. The third kappa shape index (κ3) is 4.13. The van der Waals surface area contributed by atoms with Crippen molar-refractivity contribution in [3.63, 3.8) is 0 Å². The molecule has 0 saturated heterocycles. The lowest BCUT2D eigenvalue weighted by molar-refractivity contribution is 0.280. The van der Waals surface area contributed by atoms with Crippen LogP contribution in [-0.2, 0) is 6.54 Å². The molecule has 5 aromatic rings. The van der Waals surface area contributed by atoms with E-state index in [2.05, 4.69) is 20.4 Å². The van der Waals surface area contributed by atoms with E-state index in [1.54, 1.807) is 0 Å². The number of nitrogens with zero attached hydrogens (tertiary/aromatic N) is 5. The predicted molar refractivity (Wildman–Crippen MR) is 115 cm³/mol. The monoisotopic (exact) mass is 415 g/mol. The smallest absolute Gasteiger partial charge is 0.279 e. The number of ether oxygens (including phenoxy) is 2. The number of tetrazole rings is 1. The van der Waals surface area contributed by atoms with Crippen molar-refractivity contribution in [1.29, 1.82) is 0 Å². The molecule has 8 heteroatoms. The number of fused-ring (bicyclic) bond motifs is 1. The minimum absolute atomic E-state index is 0.433. The Morgan fingerprint density at radius 2 is 1.60 bits per heavy atom. The number of benzene rings is 3. The molecule has 0 amide bonds. The molecule has 0 aliphatic heterocycles. The number of aromatic nitrogens is 5. The molecule has 2 heterocycles. The molecule has 0 unspecified atom stereocenters. The standard InChI is InChI=1S/C22H17N5O2S/c1-2-6-16(7-3-1)21-24-26-27(25-21)14-15-28-17-10-12-18(13-11-17)29-22-23-19-8-4-5-9-20(19)30-22/h1-13H,14-15H2. The lowest BCUT2D eigenvalue weighted by Gasteiger charge is -2.06. The summed E-state index contributed by atoms with van der Waals surface area (Å²) in [5.41, 5.74) is 1.88. The molecule has 0 aliphatic rings. The van der Waals surface area contributed by atoms with Crippen LogP contribution in [0.15, 0.2) is 78.9 Å². The molecule has 0 fully saturated rings. The Kier molecular flexibility index (Phi) is 5.05. The second-order valence-electron chi connectivity index (χ2n) is 6.44. The van der Waals surface area contributed by atoms with E-state index in [0.717, 1.165) is 21.5 Å². The molecule has 3 aromatic carbocycles. The number of hydrogen-bond acceptors (Lipinski definition) is 7. The van der Waals surface area contributed by atoms with Gasteiger partial charge in [0, 0.05) is 5.56 Å². The van der Waals surface area contributed by atoms with Gasteiger partial charge in [-0.15, -0.1) is 10.2 Å². The fourth-order valence-corrected chi connectivity index (χ4v) is 3.72. The molecule has 0 spiro atoms. The van der Waals surface area contributed by atoms with Crippen LogP contribution in [0.2, 0.25) is 0 Å². The van der Waals surface area contributed by atoms with Crippen molar-refractivity contribution in [3.05, 3.63) is 78.9 Å². The van der Waals surface area contributed by atoms with Crippen LogP contribution in [0.4, 0.5) is 0 Å². The lowest BCUT2D eigenvalue weighted by atomic mass is 10.2. The van der Waals surface area contributed by atoms with Gasteiger partial charge in [-0.25, -0.2) is 4.98 Å². The molecule has 5 rings (SSSR count). The second-order valence-corrected chi connectivity index (χ2v) is 7.44. The average molecular weight is 415 g/mol. The maximum atomic E-state index is 5.86. The highest BCUT2D eigenvalue weighted by Gasteiger charge is 2.07. The second kappa shape index (κ2) is 8.30. The van der Waals surface area contributed by atoms with Crippen LogP contribution in [0, 0.1) is 0 Å². The lowest BCUT2D eigenvalue weighted by Crippen LogP contribution is -2.11. The largest absolute Gasteiger partial charge is 0.492 e. The Morgan fingerprint density at radius 3 is 2.43 bits per heavy atom. The van der Waals surface area contributed by atoms with Gasteiger partial charge in [0.25, 0.3) is 5.19 Å². The van der Waals surface area contributed by atoms with E-state index in [-0.39, 0.29) is 0 Å². The highest BCUT2D eigenvalue weighted by atomic mass is 32.1. The van der Waals surface area contributed by atoms with Crippen LogP contribution in [0.3, 0.4) is 0 Å². The number of rotatable bonds is 7. The zero-order chi connectivity index (χ0) is 20.2.